The Morgan fingerprint density at radius 3 is 2.80 bits per heavy atom. The maximum Gasteiger partial charge on any atom is 0.417 e. The summed E-state index contributed by atoms with van der Waals surface area (Å²) in [5.41, 5.74) is 0.0347. The summed E-state index contributed by atoms with van der Waals surface area (Å²) in [5.74, 6) is 2.40. The third-order valence-corrected chi connectivity index (χ3v) is 7.01. The van der Waals surface area contributed by atoms with Gasteiger partial charge in [-0.25, -0.2) is 15.0 Å². The van der Waals surface area contributed by atoms with Gasteiger partial charge in [0.25, 0.3) is 0 Å². The van der Waals surface area contributed by atoms with Crippen molar-refractivity contribution in [2.45, 2.75) is 12.2 Å². The summed E-state index contributed by atoms with van der Waals surface area (Å²) in [6.07, 6.45) is -0.338. The first-order chi connectivity index (χ1) is 14.4. The molecule has 2 aliphatic rings. The van der Waals surface area contributed by atoms with Gasteiger partial charge in [0.15, 0.2) is 5.82 Å². The topological polar surface area (TPSA) is 66.6 Å². The molecule has 5 rings (SSSR count). The van der Waals surface area contributed by atoms with Crippen LogP contribution in [0.3, 0.4) is 0 Å². The first-order valence-corrected chi connectivity index (χ1v) is 11.1. The summed E-state index contributed by atoms with van der Waals surface area (Å²) < 4.78 is 52.7. The van der Waals surface area contributed by atoms with Gasteiger partial charge in [-0.05, 0) is 18.2 Å². The minimum Gasteiger partial charge on any atom is -0.354 e. The molecular weight excluding hydrogens is 417 g/mol. The molecule has 11 heteroatoms. The van der Waals surface area contributed by atoms with Crippen molar-refractivity contribution in [3.8, 4) is 11.5 Å². The minimum absolute atomic E-state index is 0.219. The van der Waals surface area contributed by atoms with Crippen molar-refractivity contribution < 1.29 is 17.4 Å². The van der Waals surface area contributed by atoms with Crippen LogP contribution >= 0.6 is 0 Å². The van der Waals surface area contributed by atoms with Crippen molar-refractivity contribution >= 4 is 22.3 Å². The van der Waals surface area contributed by atoms with Crippen LogP contribution < -0.4 is 4.90 Å². The van der Waals surface area contributed by atoms with Gasteiger partial charge in [0.2, 0.25) is 0 Å². The zero-order valence-corrected chi connectivity index (χ0v) is 16.7. The standard InChI is InChI=1S/C19H19F3N6OS/c20-19(21,22)13-1-2-16-24-9-15(28(16)10-13)18-23-4-3-17(25-18)27-6-5-26-7-8-30(29)12-14(26)11-27/h1-4,9-10,14H,5-8,11-12H2. The van der Waals surface area contributed by atoms with Crippen molar-refractivity contribution in [1.82, 2.24) is 24.3 Å². The summed E-state index contributed by atoms with van der Waals surface area (Å²) in [6.45, 7) is 3.22. The zero-order chi connectivity index (χ0) is 20.9. The van der Waals surface area contributed by atoms with E-state index in [1.165, 1.54) is 16.7 Å². The Hall–Kier alpha value is -2.53. The highest BCUT2D eigenvalue weighted by Gasteiger charge is 2.33. The molecule has 0 saturated carbocycles. The largest absolute Gasteiger partial charge is 0.417 e. The van der Waals surface area contributed by atoms with Crippen molar-refractivity contribution in [2.75, 3.05) is 42.6 Å². The van der Waals surface area contributed by atoms with Crippen molar-refractivity contribution in [3.63, 3.8) is 0 Å². The van der Waals surface area contributed by atoms with E-state index >= 15 is 0 Å². The SMILES string of the molecule is O=S1CCN2CCN(c3ccnc(-c4cnc5ccc(C(F)(F)F)cn45)n3)CC2C1. The fourth-order valence-electron chi connectivity index (χ4n) is 4.03. The van der Waals surface area contributed by atoms with E-state index in [2.05, 4.69) is 24.8 Å². The third kappa shape index (κ3) is 3.56. The van der Waals surface area contributed by atoms with Crippen LogP contribution in [-0.4, -0.2) is 72.2 Å². The Labute approximate surface area is 173 Å². The van der Waals surface area contributed by atoms with Gasteiger partial charge in [0, 0.05) is 66.9 Å². The number of halogens is 3. The van der Waals surface area contributed by atoms with Gasteiger partial charge in [0.05, 0.1) is 11.8 Å². The van der Waals surface area contributed by atoms with Crippen LogP contribution in [0, 0.1) is 0 Å². The molecule has 3 aromatic rings. The van der Waals surface area contributed by atoms with Crippen LogP contribution in [0.4, 0.5) is 19.0 Å². The van der Waals surface area contributed by atoms with Gasteiger partial charge in [-0.3, -0.25) is 13.5 Å². The molecule has 2 unspecified atom stereocenters. The number of imidazole rings is 1. The number of nitrogens with zero attached hydrogens (tertiary/aromatic N) is 6. The van der Waals surface area contributed by atoms with E-state index in [-0.39, 0.29) is 6.04 Å². The number of fused-ring (bicyclic) bond motifs is 2. The maximum absolute atomic E-state index is 13.1. The predicted molar refractivity (Wildman–Crippen MR) is 107 cm³/mol. The number of rotatable bonds is 2. The molecule has 2 aliphatic heterocycles. The lowest BCUT2D eigenvalue weighted by molar-refractivity contribution is -0.137. The normalized spacial score (nSPS) is 23.0. The number of aromatic nitrogens is 4. The molecule has 5 heterocycles. The number of hydrogen-bond donors (Lipinski definition) is 0. The quantitative estimate of drug-likeness (QED) is 0.613. The summed E-state index contributed by atoms with van der Waals surface area (Å²) >= 11 is 0. The predicted octanol–water partition coefficient (Wildman–Crippen LogP) is 2.06. The smallest absolute Gasteiger partial charge is 0.354 e. The second kappa shape index (κ2) is 7.31. The van der Waals surface area contributed by atoms with Gasteiger partial charge in [0.1, 0.15) is 17.2 Å². The molecule has 0 spiro atoms. The lowest BCUT2D eigenvalue weighted by Crippen LogP contribution is -2.58. The first-order valence-electron chi connectivity index (χ1n) is 9.60. The average molecular weight is 436 g/mol. The van der Waals surface area contributed by atoms with E-state index in [4.69, 9.17) is 0 Å². The first kappa shape index (κ1) is 19.4. The number of hydrogen-bond acceptors (Lipinski definition) is 6. The highest BCUT2D eigenvalue weighted by atomic mass is 32.2. The second-order valence-electron chi connectivity index (χ2n) is 7.47. The van der Waals surface area contributed by atoms with Crippen LogP contribution in [0.5, 0.6) is 0 Å². The lowest BCUT2D eigenvalue weighted by atomic mass is 10.2. The molecule has 3 aromatic heterocycles. The Balaban J connectivity index is 1.46. The Morgan fingerprint density at radius 1 is 1.10 bits per heavy atom. The molecule has 0 amide bonds. The molecule has 0 bridgehead atoms. The van der Waals surface area contributed by atoms with Crippen molar-refractivity contribution in [3.05, 3.63) is 42.4 Å². The van der Waals surface area contributed by atoms with Crippen LogP contribution in [0.25, 0.3) is 17.2 Å². The van der Waals surface area contributed by atoms with Crippen LogP contribution in [-0.2, 0) is 17.0 Å². The number of alkyl halides is 3. The molecule has 2 atom stereocenters. The van der Waals surface area contributed by atoms with E-state index in [1.54, 1.807) is 12.3 Å². The summed E-state index contributed by atoms with van der Waals surface area (Å²) in [4.78, 5) is 17.6. The second-order valence-corrected chi connectivity index (χ2v) is 9.09. The van der Waals surface area contributed by atoms with Gasteiger partial charge in [-0.15, -0.1) is 0 Å². The monoisotopic (exact) mass is 436 g/mol. The zero-order valence-electron chi connectivity index (χ0n) is 15.9. The van der Waals surface area contributed by atoms with Gasteiger partial charge in [-0.1, -0.05) is 0 Å². The molecule has 0 aromatic carbocycles. The van der Waals surface area contributed by atoms with Gasteiger partial charge >= 0.3 is 6.18 Å². The van der Waals surface area contributed by atoms with Crippen molar-refractivity contribution in [2.24, 2.45) is 0 Å². The molecule has 0 radical (unpaired) electrons. The highest BCUT2D eigenvalue weighted by molar-refractivity contribution is 7.85. The highest BCUT2D eigenvalue weighted by Crippen LogP contribution is 2.30. The molecule has 0 aliphatic carbocycles. The molecule has 30 heavy (non-hydrogen) atoms. The molecule has 2 fully saturated rings. The summed E-state index contributed by atoms with van der Waals surface area (Å²) in [6, 6.07) is 4.36. The summed E-state index contributed by atoms with van der Waals surface area (Å²) in [7, 11) is -0.789. The lowest BCUT2D eigenvalue weighted by Gasteiger charge is -2.44. The average Bonchev–Trinajstić information content (AvgIpc) is 3.16. The van der Waals surface area contributed by atoms with E-state index in [0.29, 0.717) is 35.3 Å². The van der Waals surface area contributed by atoms with Gasteiger partial charge < -0.3 is 4.90 Å². The Kier molecular flexibility index (Phi) is 4.73. The van der Waals surface area contributed by atoms with Gasteiger partial charge in [-0.2, -0.15) is 13.2 Å². The van der Waals surface area contributed by atoms with E-state index < -0.39 is 22.5 Å². The fraction of sp³-hybridized carbons (Fsp3) is 0.421. The van der Waals surface area contributed by atoms with Crippen molar-refractivity contribution in [1.29, 1.82) is 0 Å². The summed E-state index contributed by atoms with van der Waals surface area (Å²) in [5, 5.41) is 0. The third-order valence-electron chi connectivity index (χ3n) is 5.62. The molecule has 2 saturated heterocycles. The Morgan fingerprint density at radius 2 is 1.97 bits per heavy atom. The van der Waals surface area contributed by atoms with E-state index in [9.17, 15) is 17.4 Å². The molecule has 0 N–H and O–H groups in total. The molecule has 158 valence electrons. The fourth-order valence-corrected chi connectivity index (χ4v) is 5.38. The number of anilines is 1. The van der Waals surface area contributed by atoms with E-state index in [1.807, 2.05) is 0 Å². The maximum atomic E-state index is 13.1. The molecular formula is C19H19F3N6OS. The van der Waals surface area contributed by atoms with Crippen LogP contribution in [0.2, 0.25) is 0 Å². The van der Waals surface area contributed by atoms with Crippen LogP contribution in [0.15, 0.2) is 36.8 Å². The number of pyridine rings is 1. The van der Waals surface area contributed by atoms with Crippen LogP contribution in [0.1, 0.15) is 5.56 Å². The number of piperazine rings is 1. The minimum atomic E-state index is -4.45. The van der Waals surface area contributed by atoms with E-state index in [0.717, 1.165) is 37.7 Å². The molecule has 7 nitrogen and oxygen atoms in total. The Bertz CT molecular complexity index is 1120.